The molecule has 2 N–H and O–H groups in total. The SMILES string of the molecule is CC(C)N(CCNC(=O)[C@@H]1CCCNC1)C(C)C.Cl.Cl. The molecule has 1 heterocycles. The summed E-state index contributed by atoms with van der Waals surface area (Å²) >= 11 is 0. The first-order valence-corrected chi connectivity index (χ1v) is 7.26. The highest BCUT2D eigenvalue weighted by Gasteiger charge is 2.20. The fourth-order valence-electron chi connectivity index (χ4n) is 2.64. The van der Waals surface area contributed by atoms with Crippen LogP contribution in [0.2, 0.25) is 0 Å². The summed E-state index contributed by atoms with van der Waals surface area (Å²) in [6, 6.07) is 1.05. The fraction of sp³-hybridized carbons (Fsp3) is 0.929. The standard InChI is InChI=1S/C14H29N3O.2ClH/c1-11(2)17(12(3)4)9-8-16-14(18)13-6-5-7-15-10-13;;/h11-13,15H,5-10H2,1-4H3,(H,16,18);2*1H/t13-;;/m1../s1. The van der Waals surface area contributed by atoms with Crippen molar-refractivity contribution in [3.63, 3.8) is 0 Å². The lowest BCUT2D eigenvalue weighted by Crippen LogP contribution is -2.45. The van der Waals surface area contributed by atoms with E-state index >= 15 is 0 Å². The van der Waals surface area contributed by atoms with Gasteiger partial charge in [-0.15, -0.1) is 24.8 Å². The van der Waals surface area contributed by atoms with E-state index in [0.29, 0.717) is 12.1 Å². The molecule has 0 aromatic rings. The number of carbonyl (C=O) groups excluding carboxylic acids is 1. The van der Waals surface area contributed by atoms with Crippen LogP contribution in [0.15, 0.2) is 0 Å². The second-order valence-electron chi connectivity index (χ2n) is 5.76. The minimum Gasteiger partial charge on any atom is -0.355 e. The zero-order valence-corrected chi connectivity index (χ0v) is 14.8. The Morgan fingerprint density at radius 2 is 1.85 bits per heavy atom. The van der Waals surface area contributed by atoms with Crippen LogP contribution in [0.1, 0.15) is 40.5 Å². The van der Waals surface area contributed by atoms with E-state index in [1.807, 2.05) is 0 Å². The number of rotatable bonds is 6. The molecule has 0 radical (unpaired) electrons. The minimum absolute atomic E-state index is 0. The molecule has 0 spiro atoms. The van der Waals surface area contributed by atoms with E-state index < -0.39 is 0 Å². The molecule has 20 heavy (non-hydrogen) atoms. The number of piperidine rings is 1. The Bertz CT molecular complexity index is 249. The molecule has 0 saturated carbocycles. The molecule has 0 aliphatic carbocycles. The second kappa shape index (κ2) is 11.6. The molecule has 1 saturated heterocycles. The summed E-state index contributed by atoms with van der Waals surface area (Å²) in [5.41, 5.74) is 0. The molecule has 1 atom stereocenters. The highest BCUT2D eigenvalue weighted by atomic mass is 35.5. The number of nitrogens with zero attached hydrogens (tertiary/aromatic N) is 1. The van der Waals surface area contributed by atoms with Crippen molar-refractivity contribution in [2.45, 2.75) is 52.6 Å². The summed E-state index contributed by atoms with van der Waals surface area (Å²) in [5.74, 6) is 0.389. The van der Waals surface area contributed by atoms with Crippen LogP contribution in [0.25, 0.3) is 0 Å². The van der Waals surface area contributed by atoms with E-state index in [2.05, 4.69) is 43.2 Å². The Balaban J connectivity index is 0. The van der Waals surface area contributed by atoms with Crippen molar-refractivity contribution in [2.75, 3.05) is 26.2 Å². The Hall–Kier alpha value is -0.0300. The van der Waals surface area contributed by atoms with Crippen molar-refractivity contribution in [1.82, 2.24) is 15.5 Å². The van der Waals surface area contributed by atoms with E-state index in [1.165, 1.54) is 0 Å². The van der Waals surface area contributed by atoms with Gasteiger partial charge in [0.25, 0.3) is 0 Å². The normalized spacial score (nSPS) is 18.6. The number of hydrogen-bond donors (Lipinski definition) is 2. The van der Waals surface area contributed by atoms with Crippen LogP contribution in [0.3, 0.4) is 0 Å². The summed E-state index contributed by atoms with van der Waals surface area (Å²) in [7, 11) is 0. The van der Waals surface area contributed by atoms with Gasteiger partial charge in [-0.3, -0.25) is 9.69 Å². The van der Waals surface area contributed by atoms with Crippen LogP contribution in [0, 0.1) is 5.92 Å². The summed E-state index contributed by atoms with van der Waals surface area (Å²) in [6.07, 6.45) is 2.14. The first kappa shape index (κ1) is 22.3. The molecule has 0 unspecified atom stereocenters. The largest absolute Gasteiger partial charge is 0.355 e. The third-order valence-electron chi connectivity index (χ3n) is 3.66. The van der Waals surface area contributed by atoms with Gasteiger partial charge in [0.05, 0.1) is 5.92 Å². The highest BCUT2D eigenvalue weighted by molar-refractivity contribution is 5.85. The molecule has 4 nitrogen and oxygen atoms in total. The summed E-state index contributed by atoms with van der Waals surface area (Å²) < 4.78 is 0. The quantitative estimate of drug-likeness (QED) is 0.784. The molecule has 1 aliphatic rings. The van der Waals surface area contributed by atoms with Crippen LogP contribution in [-0.4, -0.2) is 49.1 Å². The molecule has 122 valence electrons. The molecule has 0 aromatic carbocycles. The van der Waals surface area contributed by atoms with Crippen molar-refractivity contribution in [3.8, 4) is 0 Å². The summed E-state index contributed by atoms with van der Waals surface area (Å²) in [6.45, 7) is 12.4. The van der Waals surface area contributed by atoms with Crippen LogP contribution >= 0.6 is 24.8 Å². The zero-order chi connectivity index (χ0) is 13.5. The Labute approximate surface area is 136 Å². The van der Waals surface area contributed by atoms with Crippen molar-refractivity contribution in [2.24, 2.45) is 5.92 Å². The van der Waals surface area contributed by atoms with E-state index in [0.717, 1.165) is 39.0 Å². The predicted molar refractivity (Wildman–Crippen MR) is 90.1 cm³/mol. The van der Waals surface area contributed by atoms with Gasteiger partial charge in [-0.05, 0) is 47.1 Å². The number of hydrogen-bond acceptors (Lipinski definition) is 3. The Morgan fingerprint density at radius 3 is 2.30 bits per heavy atom. The number of halogens is 2. The first-order valence-electron chi connectivity index (χ1n) is 7.26. The van der Waals surface area contributed by atoms with Gasteiger partial charge < -0.3 is 10.6 Å². The van der Waals surface area contributed by atoms with Crippen LogP contribution in [0.4, 0.5) is 0 Å². The lowest BCUT2D eigenvalue weighted by molar-refractivity contribution is -0.125. The van der Waals surface area contributed by atoms with Crippen molar-refractivity contribution >= 4 is 30.7 Å². The van der Waals surface area contributed by atoms with E-state index in [4.69, 9.17) is 0 Å². The van der Waals surface area contributed by atoms with Gasteiger partial charge in [0.2, 0.25) is 5.91 Å². The summed E-state index contributed by atoms with van der Waals surface area (Å²) in [5, 5.41) is 6.35. The zero-order valence-electron chi connectivity index (χ0n) is 13.1. The number of amides is 1. The van der Waals surface area contributed by atoms with Gasteiger partial charge in [-0.2, -0.15) is 0 Å². The molecule has 1 fully saturated rings. The lowest BCUT2D eigenvalue weighted by Gasteiger charge is -2.31. The van der Waals surface area contributed by atoms with Gasteiger partial charge in [-0.1, -0.05) is 0 Å². The molecule has 6 heteroatoms. The van der Waals surface area contributed by atoms with Crippen LogP contribution in [0.5, 0.6) is 0 Å². The Kier molecular flexibility index (Phi) is 12.9. The maximum atomic E-state index is 11.9. The second-order valence-corrected chi connectivity index (χ2v) is 5.76. The molecular weight excluding hydrogens is 297 g/mol. The predicted octanol–water partition coefficient (Wildman–Crippen LogP) is 2.06. The molecule has 1 rings (SSSR count). The minimum atomic E-state index is 0. The molecule has 1 aliphatic heterocycles. The molecule has 0 aromatic heterocycles. The highest BCUT2D eigenvalue weighted by Crippen LogP contribution is 2.09. The van der Waals surface area contributed by atoms with Crippen molar-refractivity contribution < 1.29 is 4.79 Å². The van der Waals surface area contributed by atoms with Gasteiger partial charge in [-0.25, -0.2) is 0 Å². The summed E-state index contributed by atoms with van der Waals surface area (Å²) in [4.78, 5) is 14.4. The third-order valence-corrected chi connectivity index (χ3v) is 3.66. The fourth-order valence-corrected chi connectivity index (χ4v) is 2.64. The average Bonchev–Trinajstić information content (AvgIpc) is 2.34. The van der Waals surface area contributed by atoms with Gasteiger partial charge >= 0.3 is 0 Å². The maximum Gasteiger partial charge on any atom is 0.224 e. The topological polar surface area (TPSA) is 44.4 Å². The van der Waals surface area contributed by atoms with Crippen LogP contribution < -0.4 is 10.6 Å². The van der Waals surface area contributed by atoms with Gasteiger partial charge in [0.15, 0.2) is 0 Å². The molecule has 1 amide bonds. The first-order chi connectivity index (χ1) is 8.52. The molecular formula is C14H31Cl2N3O. The smallest absolute Gasteiger partial charge is 0.224 e. The number of nitrogens with one attached hydrogen (secondary N) is 2. The average molecular weight is 328 g/mol. The van der Waals surface area contributed by atoms with E-state index in [-0.39, 0.29) is 36.6 Å². The van der Waals surface area contributed by atoms with Gasteiger partial charge in [0, 0.05) is 31.7 Å². The van der Waals surface area contributed by atoms with Crippen molar-refractivity contribution in [1.29, 1.82) is 0 Å². The lowest BCUT2D eigenvalue weighted by atomic mass is 9.99. The van der Waals surface area contributed by atoms with Crippen LogP contribution in [-0.2, 0) is 4.79 Å². The maximum absolute atomic E-state index is 11.9. The number of carbonyl (C=O) groups is 1. The monoisotopic (exact) mass is 327 g/mol. The van der Waals surface area contributed by atoms with Gasteiger partial charge in [0.1, 0.15) is 0 Å². The van der Waals surface area contributed by atoms with Crippen molar-refractivity contribution in [3.05, 3.63) is 0 Å². The third kappa shape index (κ3) is 7.67. The Morgan fingerprint density at radius 1 is 1.25 bits per heavy atom. The van der Waals surface area contributed by atoms with E-state index in [1.54, 1.807) is 0 Å². The molecule has 0 bridgehead atoms. The van der Waals surface area contributed by atoms with E-state index in [9.17, 15) is 4.79 Å².